The number of rotatable bonds is 5. The van der Waals surface area contributed by atoms with Crippen molar-refractivity contribution in [3.05, 3.63) is 23.3 Å². The van der Waals surface area contributed by atoms with Gasteiger partial charge in [-0.25, -0.2) is 0 Å². The Morgan fingerprint density at radius 2 is 1.94 bits per heavy atom. The largest absolute Gasteiger partial charge is 0.496 e. The van der Waals surface area contributed by atoms with Crippen molar-refractivity contribution in [3.8, 4) is 5.75 Å². The summed E-state index contributed by atoms with van der Waals surface area (Å²) in [6, 6.07) is 4.16. The Hall–Kier alpha value is -0.830. The van der Waals surface area contributed by atoms with Gasteiger partial charge in [-0.3, -0.25) is 0 Å². The summed E-state index contributed by atoms with van der Waals surface area (Å²) in [5.74, 6) is 1.89. The summed E-state index contributed by atoms with van der Waals surface area (Å²) in [6.45, 7) is 5.28. The summed E-state index contributed by atoms with van der Waals surface area (Å²) in [7, 11) is 3.84. The lowest BCUT2D eigenvalue weighted by Crippen LogP contribution is -2.20. The van der Waals surface area contributed by atoms with Crippen LogP contribution in [0.2, 0.25) is 0 Å². The van der Waals surface area contributed by atoms with E-state index in [1.54, 1.807) is 7.11 Å². The highest BCUT2D eigenvalue weighted by Gasteiger charge is 2.09. The smallest absolute Gasteiger partial charge is 0.122 e. The second-order valence-corrected chi connectivity index (χ2v) is 4.48. The van der Waals surface area contributed by atoms with E-state index in [4.69, 9.17) is 4.74 Å². The zero-order valence-corrected chi connectivity index (χ0v) is 11.5. The predicted molar refractivity (Wildman–Crippen MR) is 74.2 cm³/mol. The standard InChI is InChI=1S/C13H21NOS/c1-10-11(2)13(15-4)7-6-12(10)14(3)8-5-9-16/h6-7,16H,5,8-9H2,1-4H3. The third-order valence-corrected chi connectivity index (χ3v) is 3.31. The van der Waals surface area contributed by atoms with Crippen LogP contribution in [-0.2, 0) is 0 Å². The first kappa shape index (κ1) is 13.2. The van der Waals surface area contributed by atoms with Crippen molar-refractivity contribution < 1.29 is 4.74 Å². The fourth-order valence-corrected chi connectivity index (χ4v) is 1.99. The molecule has 0 unspecified atom stereocenters. The Morgan fingerprint density at radius 1 is 1.25 bits per heavy atom. The average Bonchev–Trinajstić information content (AvgIpc) is 2.29. The Balaban J connectivity index is 2.93. The molecule has 0 heterocycles. The minimum Gasteiger partial charge on any atom is -0.496 e. The van der Waals surface area contributed by atoms with Crippen LogP contribution in [0.15, 0.2) is 12.1 Å². The van der Waals surface area contributed by atoms with Gasteiger partial charge in [0.1, 0.15) is 5.75 Å². The fourth-order valence-electron chi connectivity index (χ4n) is 1.84. The van der Waals surface area contributed by atoms with Crippen LogP contribution in [-0.4, -0.2) is 26.5 Å². The molecule has 1 aromatic rings. The van der Waals surface area contributed by atoms with Crippen molar-refractivity contribution in [2.45, 2.75) is 20.3 Å². The lowest BCUT2D eigenvalue weighted by Gasteiger charge is -2.23. The van der Waals surface area contributed by atoms with E-state index < -0.39 is 0 Å². The molecule has 0 saturated carbocycles. The molecule has 0 spiro atoms. The van der Waals surface area contributed by atoms with E-state index in [0.717, 1.165) is 24.5 Å². The van der Waals surface area contributed by atoms with Gasteiger partial charge < -0.3 is 9.64 Å². The third kappa shape index (κ3) is 2.85. The number of anilines is 1. The number of benzene rings is 1. The van der Waals surface area contributed by atoms with Gasteiger partial charge in [-0.15, -0.1) is 0 Å². The number of hydrogen-bond acceptors (Lipinski definition) is 3. The molecule has 0 aromatic heterocycles. The van der Waals surface area contributed by atoms with E-state index in [2.05, 4.69) is 44.5 Å². The average molecular weight is 239 g/mol. The summed E-state index contributed by atoms with van der Waals surface area (Å²) in [4.78, 5) is 2.28. The summed E-state index contributed by atoms with van der Waals surface area (Å²) < 4.78 is 5.31. The maximum absolute atomic E-state index is 5.31. The molecule has 0 aliphatic heterocycles. The lowest BCUT2D eigenvalue weighted by molar-refractivity contribution is 0.411. The molecule has 0 fully saturated rings. The number of hydrogen-bond donors (Lipinski definition) is 1. The summed E-state index contributed by atoms with van der Waals surface area (Å²) in [6.07, 6.45) is 1.10. The molecule has 0 radical (unpaired) electrons. The quantitative estimate of drug-likeness (QED) is 0.793. The minimum absolute atomic E-state index is 0.929. The topological polar surface area (TPSA) is 12.5 Å². The Kier molecular flexibility index (Phi) is 5.00. The van der Waals surface area contributed by atoms with Crippen LogP contribution >= 0.6 is 12.6 Å². The van der Waals surface area contributed by atoms with E-state index in [1.807, 2.05) is 6.07 Å². The van der Waals surface area contributed by atoms with Gasteiger partial charge in [0.15, 0.2) is 0 Å². The molecule has 0 N–H and O–H groups in total. The van der Waals surface area contributed by atoms with E-state index in [0.29, 0.717) is 0 Å². The van der Waals surface area contributed by atoms with E-state index >= 15 is 0 Å². The molecule has 0 bridgehead atoms. The van der Waals surface area contributed by atoms with Gasteiger partial charge in [0.05, 0.1) is 7.11 Å². The van der Waals surface area contributed by atoms with Crippen LogP contribution in [0.4, 0.5) is 5.69 Å². The normalized spacial score (nSPS) is 10.3. The molecule has 0 saturated heterocycles. The highest BCUT2D eigenvalue weighted by atomic mass is 32.1. The van der Waals surface area contributed by atoms with Crippen LogP contribution in [0.25, 0.3) is 0 Å². The third-order valence-electron chi connectivity index (χ3n) is 2.99. The van der Waals surface area contributed by atoms with Crippen molar-refractivity contribution in [1.29, 1.82) is 0 Å². The van der Waals surface area contributed by atoms with E-state index in [-0.39, 0.29) is 0 Å². The van der Waals surface area contributed by atoms with Gasteiger partial charge in [-0.1, -0.05) is 0 Å². The molecule has 0 aliphatic carbocycles. The maximum atomic E-state index is 5.31. The molecular formula is C13H21NOS. The molecular weight excluding hydrogens is 218 g/mol. The Morgan fingerprint density at radius 3 is 2.50 bits per heavy atom. The second-order valence-electron chi connectivity index (χ2n) is 4.04. The summed E-state index contributed by atoms with van der Waals surface area (Å²) in [5.41, 5.74) is 3.79. The number of methoxy groups -OCH3 is 1. The Labute approximate surface area is 104 Å². The van der Waals surface area contributed by atoms with Crippen molar-refractivity contribution in [1.82, 2.24) is 0 Å². The van der Waals surface area contributed by atoms with Crippen LogP contribution in [0.5, 0.6) is 5.75 Å². The van der Waals surface area contributed by atoms with E-state index in [1.165, 1.54) is 16.8 Å². The summed E-state index contributed by atoms with van der Waals surface area (Å²) >= 11 is 4.24. The van der Waals surface area contributed by atoms with Crippen molar-refractivity contribution >= 4 is 18.3 Å². The van der Waals surface area contributed by atoms with Gasteiger partial charge in [0.25, 0.3) is 0 Å². The number of ether oxygens (including phenoxy) is 1. The summed E-state index contributed by atoms with van der Waals surface area (Å²) in [5, 5.41) is 0. The fraction of sp³-hybridized carbons (Fsp3) is 0.538. The predicted octanol–water partition coefficient (Wildman–Crippen LogP) is 3.07. The SMILES string of the molecule is COc1ccc(N(C)CCCS)c(C)c1C. The molecule has 1 rings (SSSR count). The molecule has 16 heavy (non-hydrogen) atoms. The minimum atomic E-state index is 0.929. The molecule has 0 amide bonds. The van der Waals surface area contributed by atoms with Crippen molar-refractivity contribution in [2.75, 3.05) is 31.4 Å². The maximum Gasteiger partial charge on any atom is 0.122 e. The van der Waals surface area contributed by atoms with Gasteiger partial charge in [0.2, 0.25) is 0 Å². The first-order valence-corrected chi connectivity index (χ1v) is 6.21. The molecule has 0 aliphatic rings. The number of nitrogens with zero attached hydrogens (tertiary/aromatic N) is 1. The monoisotopic (exact) mass is 239 g/mol. The van der Waals surface area contributed by atoms with Crippen molar-refractivity contribution in [3.63, 3.8) is 0 Å². The Bertz CT molecular complexity index is 352. The molecule has 1 aromatic carbocycles. The van der Waals surface area contributed by atoms with Gasteiger partial charge in [0, 0.05) is 19.3 Å². The second kappa shape index (κ2) is 6.04. The number of thiol groups is 1. The van der Waals surface area contributed by atoms with Crippen LogP contribution in [0.1, 0.15) is 17.5 Å². The van der Waals surface area contributed by atoms with Crippen molar-refractivity contribution in [2.24, 2.45) is 0 Å². The highest BCUT2D eigenvalue weighted by Crippen LogP contribution is 2.29. The van der Waals surface area contributed by atoms with Gasteiger partial charge in [-0.05, 0) is 49.3 Å². The molecule has 2 nitrogen and oxygen atoms in total. The first-order chi connectivity index (χ1) is 7.61. The zero-order valence-electron chi connectivity index (χ0n) is 10.6. The van der Waals surface area contributed by atoms with Gasteiger partial charge in [-0.2, -0.15) is 12.6 Å². The van der Waals surface area contributed by atoms with Gasteiger partial charge >= 0.3 is 0 Å². The van der Waals surface area contributed by atoms with Crippen LogP contribution in [0.3, 0.4) is 0 Å². The highest BCUT2D eigenvalue weighted by molar-refractivity contribution is 7.80. The van der Waals surface area contributed by atoms with Crippen LogP contribution in [0, 0.1) is 13.8 Å². The van der Waals surface area contributed by atoms with Crippen LogP contribution < -0.4 is 9.64 Å². The molecule has 0 atom stereocenters. The molecule has 3 heteroatoms. The lowest BCUT2D eigenvalue weighted by atomic mass is 10.1. The molecule has 90 valence electrons. The zero-order chi connectivity index (χ0) is 12.1. The first-order valence-electron chi connectivity index (χ1n) is 5.58. The van der Waals surface area contributed by atoms with E-state index in [9.17, 15) is 0 Å².